The van der Waals surface area contributed by atoms with Crippen molar-refractivity contribution in [3.8, 4) is 11.5 Å². The molecule has 1 fully saturated rings. The second-order valence-electron chi connectivity index (χ2n) is 8.02. The number of methoxy groups -OCH3 is 2. The standard InChI is InChI=1S/C24H27FN4O3/c1-31-22-7-5-17(10-19(22)14-29-16-26-15-27-29)12-28-9-3-4-18(13-28)24(30)21-11-20(25)6-8-23(21)32-2/h5-8,10-11,15-16,18H,3-4,9,12-14H2,1-2H3/t18-/m0/s1. The van der Waals surface area contributed by atoms with E-state index >= 15 is 0 Å². The highest BCUT2D eigenvalue weighted by molar-refractivity contribution is 6.00. The summed E-state index contributed by atoms with van der Waals surface area (Å²) in [5.41, 5.74) is 2.47. The Labute approximate surface area is 186 Å². The number of rotatable bonds is 8. The second-order valence-corrected chi connectivity index (χ2v) is 8.02. The van der Waals surface area contributed by atoms with Crippen molar-refractivity contribution in [2.75, 3.05) is 27.3 Å². The lowest BCUT2D eigenvalue weighted by molar-refractivity contribution is 0.0808. The predicted molar refractivity (Wildman–Crippen MR) is 117 cm³/mol. The molecule has 1 atom stereocenters. The van der Waals surface area contributed by atoms with E-state index in [0.717, 1.165) is 42.8 Å². The van der Waals surface area contributed by atoms with Crippen molar-refractivity contribution < 1.29 is 18.7 Å². The lowest BCUT2D eigenvalue weighted by atomic mass is 9.89. The first-order valence-electron chi connectivity index (χ1n) is 10.7. The predicted octanol–water partition coefficient (Wildman–Crippen LogP) is 3.58. The largest absolute Gasteiger partial charge is 0.496 e. The van der Waals surface area contributed by atoms with Gasteiger partial charge in [0.25, 0.3) is 0 Å². The zero-order chi connectivity index (χ0) is 22.5. The number of piperidine rings is 1. The van der Waals surface area contributed by atoms with Crippen LogP contribution in [0.5, 0.6) is 11.5 Å². The van der Waals surface area contributed by atoms with Crippen molar-refractivity contribution in [1.29, 1.82) is 0 Å². The van der Waals surface area contributed by atoms with Crippen LogP contribution in [0.3, 0.4) is 0 Å². The molecule has 7 nitrogen and oxygen atoms in total. The molecule has 168 valence electrons. The van der Waals surface area contributed by atoms with Crippen LogP contribution >= 0.6 is 0 Å². The third-order valence-corrected chi connectivity index (χ3v) is 5.85. The van der Waals surface area contributed by atoms with Crippen molar-refractivity contribution >= 4 is 5.78 Å². The number of ether oxygens (including phenoxy) is 2. The average Bonchev–Trinajstić information content (AvgIpc) is 3.32. The SMILES string of the molecule is COc1ccc(CN2CCC[C@H](C(=O)c3cc(F)ccc3OC)C2)cc1Cn1cncn1. The zero-order valence-corrected chi connectivity index (χ0v) is 18.3. The fraction of sp³-hybridized carbons (Fsp3) is 0.375. The van der Waals surface area contributed by atoms with E-state index < -0.39 is 5.82 Å². The topological polar surface area (TPSA) is 69.5 Å². The van der Waals surface area contributed by atoms with Crippen LogP contribution in [0.15, 0.2) is 49.1 Å². The minimum absolute atomic E-state index is 0.0624. The van der Waals surface area contributed by atoms with Crippen LogP contribution in [-0.2, 0) is 13.1 Å². The van der Waals surface area contributed by atoms with E-state index in [1.165, 1.54) is 31.6 Å². The van der Waals surface area contributed by atoms with Gasteiger partial charge in [0.15, 0.2) is 5.78 Å². The van der Waals surface area contributed by atoms with Gasteiger partial charge in [-0.05, 0) is 55.3 Å². The molecule has 32 heavy (non-hydrogen) atoms. The van der Waals surface area contributed by atoms with Crippen LogP contribution in [0.1, 0.15) is 34.3 Å². The van der Waals surface area contributed by atoms with Crippen LogP contribution in [0.25, 0.3) is 0 Å². The van der Waals surface area contributed by atoms with Crippen LogP contribution in [0.2, 0.25) is 0 Å². The number of nitrogens with zero attached hydrogens (tertiary/aromatic N) is 4. The fourth-order valence-electron chi connectivity index (χ4n) is 4.31. The molecular formula is C24H27FN4O3. The van der Waals surface area contributed by atoms with E-state index in [2.05, 4.69) is 21.0 Å². The Hall–Kier alpha value is -3.26. The molecule has 1 aliphatic heterocycles. The van der Waals surface area contributed by atoms with Gasteiger partial charge in [0, 0.05) is 24.6 Å². The van der Waals surface area contributed by atoms with Gasteiger partial charge in [0.05, 0.1) is 26.3 Å². The third-order valence-electron chi connectivity index (χ3n) is 5.85. The molecule has 0 spiro atoms. The molecule has 0 bridgehead atoms. The highest BCUT2D eigenvalue weighted by atomic mass is 19.1. The fourth-order valence-corrected chi connectivity index (χ4v) is 4.31. The van der Waals surface area contributed by atoms with E-state index in [9.17, 15) is 9.18 Å². The van der Waals surface area contributed by atoms with Gasteiger partial charge in [0.1, 0.15) is 30.0 Å². The summed E-state index contributed by atoms with van der Waals surface area (Å²) in [6, 6.07) is 10.2. The van der Waals surface area contributed by atoms with Gasteiger partial charge in [-0.25, -0.2) is 14.1 Å². The summed E-state index contributed by atoms with van der Waals surface area (Å²) in [6.07, 6.45) is 4.88. The summed E-state index contributed by atoms with van der Waals surface area (Å²) in [5, 5.41) is 4.18. The summed E-state index contributed by atoms with van der Waals surface area (Å²) in [5.74, 6) is 0.538. The number of benzene rings is 2. The Morgan fingerprint density at radius 3 is 2.69 bits per heavy atom. The number of hydrogen-bond acceptors (Lipinski definition) is 6. The molecule has 3 aromatic rings. The maximum Gasteiger partial charge on any atom is 0.171 e. The van der Waals surface area contributed by atoms with Crippen molar-refractivity contribution in [3.63, 3.8) is 0 Å². The number of hydrogen-bond donors (Lipinski definition) is 0. The minimum Gasteiger partial charge on any atom is -0.496 e. The van der Waals surface area contributed by atoms with Gasteiger partial charge in [-0.15, -0.1) is 0 Å². The number of Topliss-reactive ketones (excluding diaryl/α,β-unsaturated/α-hetero) is 1. The summed E-state index contributed by atoms with van der Waals surface area (Å²) >= 11 is 0. The van der Waals surface area contributed by atoms with Crippen molar-refractivity contribution in [2.24, 2.45) is 5.92 Å². The first kappa shape index (κ1) is 22.0. The first-order chi connectivity index (χ1) is 15.6. The molecule has 0 aliphatic carbocycles. The minimum atomic E-state index is -0.431. The Kier molecular flexibility index (Phi) is 6.80. The zero-order valence-electron chi connectivity index (χ0n) is 18.3. The van der Waals surface area contributed by atoms with Gasteiger partial charge in [-0.1, -0.05) is 6.07 Å². The molecule has 1 saturated heterocycles. The second kappa shape index (κ2) is 9.91. The first-order valence-corrected chi connectivity index (χ1v) is 10.7. The summed E-state index contributed by atoms with van der Waals surface area (Å²) in [6.45, 7) is 2.83. The van der Waals surface area contributed by atoms with E-state index in [4.69, 9.17) is 9.47 Å². The van der Waals surface area contributed by atoms with Crippen LogP contribution < -0.4 is 9.47 Å². The monoisotopic (exact) mass is 438 g/mol. The highest BCUT2D eigenvalue weighted by Gasteiger charge is 2.28. The molecule has 0 radical (unpaired) electrons. The van der Waals surface area contributed by atoms with Crippen LogP contribution in [-0.4, -0.2) is 52.8 Å². The number of carbonyl (C=O) groups excluding carboxylic acids is 1. The average molecular weight is 439 g/mol. The summed E-state index contributed by atoms with van der Waals surface area (Å²) in [4.78, 5) is 19.4. The number of ketones is 1. The molecule has 4 rings (SSSR count). The van der Waals surface area contributed by atoms with E-state index in [0.29, 0.717) is 24.4 Å². The Morgan fingerprint density at radius 1 is 1.12 bits per heavy atom. The Bertz CT molecular complexity index is 1070. The van der Waals surface area contributed by atoms with Gasteiger partial charge < -0.3 is 9.47 Å². The Balaban J connectivity index is 1.47. The van der Waals surface area contributed by atoms with Crippen LogP contribution in [0, 0.1) is 11.7 Å². The maximum absolute atomic E-state index is 13.8. The van der Waals surface area contributed by atoms with Gasteiger partial charge in [-0.2, -0.15) is 5.10 Å². The van der Waals surface area contributed by atoms with Crippen molar-refractivity contribution in [3.05, 3.63) is 71.6 Å². The van der Waals surface area contributed by atoms with Gasteiger partial charge >= 0.3 is 0 Å². The molecule has 2 heterocycles. The third kappa shape index (κ3) is 4.96. The lowest BCUT2D eigenvalue weighted by Gasteiger charge is -2.32. The molecule has 0 N–H and O–H groups in total. The normalized spacial score (nSPS) is 16.7. The number of aromatic nitrogens is 3. The highest BCUT2D eigenvalue weighted by Crippen LogP contribution is 2.28. The van der Waals surface area contributed by atoms with E-state index in [1.54, 1.807) is 18.1 Å². The number of likely N-dealkylation sites (tertiary alicyclic amines) is 1. The lowest BCUT2D eigenvalue weighted by Crippen LogP contribution is -2.38. The quantitative estimate of drug-likeness (QED) is 0.501. The molecular weight excluding hydrogens is 411 g/mol. The summed E-state index contributed by atoms with van der Waals surface area (Å²) in [7, 11) is 3.15. The Morgan fingerprint density at radius 2 is 1.94 bits per heavy atom. The van der Waals surface area contributed by atoms with Gasteiger partial charge in [0.2, 0.25) is 0 Å². The smallest absolute Gasteiger partial charge is 0.171 e. The van der Waals surface area contributed by atoms with E-state index in [-0.39, 0.29) is 11.7 Å². The molecule has 0 amide bonds. The van der Waals surface area contributed by atoms with Crippen molar-refractivity contribution in [2.45, 2.75) is 25.9 Å². The summed E-state index contributed by atoms with van der Waals surface area (Å²) < 4.78 is 26.3. The molecule has 0 unspecified atom stereocenters. The van der Waals surface area contributed by atoms with Gasteiger partial charge in [-0.3, -0.25) is 9.69 Å². The van der Waals surface area contributed by atoms with Crippen molar-refractivity contribution in [1.82, 2.24) is 19.7 Å². The van der Waals surface area contributed by atoms with E-state index in [1.807, 2.05) is 12.1 Å². The maximum atomic E-state index is 13.8. The molecule has 2 aromatic carbocycles. The number of halogens is 1. The molecule has 1 aromatic heterocycles. The molecule has 1 aliphatic rings. The van der Waals surface area contributed by atoms with Crippen LogP contribution in [0.4, 0.5) is 4.39 Å². The molecule has 8 heteroatoms. The molecule has 0 saturated carbocycles. The number of carbonyl (C=O) groups is 1.